The number of halogens is 4. The zero-order valence-electron chi connectivity index (χ0n) is 19.0. The maximum atomic E-state index is 14.3. The van der Waals surface area contributed by atoms with E-state index in [0.717, 1.165) is 18.4 Å². The second-order valence-electron chi connectivity index (χ2n) is 8.58. The molecule has 1 aliphatic rings. The van der Waals surface area contributed by atoms with E-state index < -0.39 is 33.3 Å². The fourth-order valence-corrected chi connectivity index (χ4v) is 4.20. The van der Waals surface area contributed by atoms with Gasteiger partial charge >= 0.3 is 6.18 Å². The van der Waals surface area contributed by atoms with Gasteiger partial charge in [0.15, 0.2) is 9.84 Å². The van der Waals surface area contributed by atoms with Gasteiger partial charge in [-0.15, -0.1) is 0 Å². The first-order chi connectivity index (χ1) is 15.8. The second kappa shape index (κ2) is 9.81. The van der Waals surface area contributed by atoms with Gasteiger partial charge in [-0.05, 0) is 42.3 Å². The number of alkyl halides is 3. The van der Waals surface area contributed by atoms with Crippen molar-refractivity contribution in [1.82, 2.24) is 4.90 Å². The van der Waals surface area contributed by atoms with Gasteiger partial charge in [-0.3, -0.25) is 4.79 Å². The van der Waals surface area contributed by atoms with E-state index in [0.29, 0.717) is 12.7 Å². The highest BCUT2D eigenvalue weighted by Crippen LogP contribution is 2.33. The molecule has 6 nitrogen and oxygen atoms in total. The third kappa shape index (κ3) is 5.99. The molecular formula is C23H26F4N2O4S. The van der Waals surface area contributed by atoms with Crippen molar-refractivity contribution in [3.63, 3.8) is 0 Å². The van der Waals surface area contributed by atoms with E-state index in [1.807, 2.05) is 13.8 Å². The average molecular weight is 503 g/mol. The highest BCUT2D eigenvalue weighted by Gasteiger charge is 2.32. The summed E-state index contributed by atoms with van der Waals surface area (Å²) in [6.07, 6.45) is -3.59. The maximum absolute atomic E-state index is 14.3. The van der Waals surface area contributed by atoms with Crippen LogP contribution in [-0.4, -0.2) is 58.3 Å². The Kier molecular flexibility index (Phi) is 7.44. The molecule has 1 heterocycles. The summed E-state index contributed by atoms with van der Waals surface area (Å²) in [6, 6.07) is 6.50. The molecule has 0 N–H and O–H groups in total. The molecule has 0 saturated carbocycles. The first-order valence-electron chi connectivity index (χ1n) is 10.6. The Labute approximate surface area is 196 Å². The number of rotatable bonds is 6. The molecule has 3 rings (SSSR count). The second-order valence-corrected chi connectivity index (χ2v) is 10.6. The number of carbonyl (C=O) groups excluding carboxylic acids is 1. The molecule has 186 valence electrons. The molecule has 1 fully saturated rings. The van der Waals surface area contributed by atoms with Crippen molar-refractivity contribution >= 4 is 21.4 Å². The van der Waals surface area contributed by atoms with Gasteiger partial charge in [0.1, 0.15) is 11.6 Å². The number of benzene rings is 2. The van der Waals surface area contributed by atoms with Gasteiger partial charge in [0, 0.05) is 32.4 Å². The molecule has 0 spiro atoms. The quantitative estimate of drug-likeness (QED) is 0.553. The molecule has 0 radical (unpaired) electrons. The van der Waals surface area contributed by atoms with Gasteiger partial charge in [-0.2, -0.15) is 13.2 Å². The van der Waals surface area contributed by atoms with Crippen LogP contribution in [0.15, 0.2) is 41.3 Å². The molecule has 1 amide bonds. The third-order valence-electron chi connectivity index (χ3n) is 5.36. The molecule has 1 saturated heterocycles. The van der Waals surface area contributed by atoms with Gasteiger partial charge < -0.3 is 14.5 Å². The summed E-state index contributed by atoms with van der Waals surface area (Å²) in [7, 11) is -3.56. The van der Waals surface area contributed by atoms with Crippen LogP contribution in [0.1, 0.15) is 29.8 Å². The van der Waals surface area contributed by atoms with E-state index in [-0.39, 0.29) is 54.0 Å². The Hall–Kier alpha value is -2.82. The van der Waals surface area contributed by atoms with Gasteiger partial charge in [-0.25, -0.2) is 12.8 Å². The highest BCUT2D eigenvalue weighted by molar-refractivity contribution is 7.90. The minimum absolute atomic E-state index is 0.0155. The number of anilines is 1. The van der Waals surface area contributed by atoms with E-state index in [4.69, 9.17) is 4.74 Å². The van der Waals surface area contributed by atoms with Gasteiger partial charge in [0.25, 0.3) is 5.91 Å². The lowest BCUT2D eigenvalue weighted by Crippen LogP contribution is -2.49. The predicted octanol–water partition coefficient (Wildman–Crippen LogP) is 4.25. The monoisotopic (exact) mass is 502 g/mol. The van der Waals surface area contributed by atoms with Crippen LogP contribution in [0.3, 0.4) is 0 Å². The summed E-state index contributed by atoms with van der Waals surface area (Å²) in [6.45, 7) is 4.94. The van der Waals surface area contributed by atoms with Crippen molar-refractivity contribution in [2.75, 3.05) is 43.9 Å². The molecule has 0 unspecified atom stereocenters. The van der Waals surface area contributed by atoms with E-state index in [2.05, 4.69) is 0 Å². The predicted molar refractivity (Wildman–Crippen MR) is 119 cm³/mol. The molecule has 2 aromatic rings. The normalized spacial score (nSPS) is 15.1. The number of carbonyl (C=O) groups is 1. The largest absolute Gasteiger partial charge is 0.492 e. The minimum atomic E-state index is -4.64. The first kappa shape index (κ1) is 25.8. The summed E-state index contributed by atoms with van der Waals surface area (Å²) in [4.78, 5) is 16.3. The van der Waals surface area contributed by atoms with Crippen LogP contribution in [0.4, 0.5) is 23.2 Å². The number of amides is 1. The van der Waals surface area contributed by atoms with Crippen molar-refractivity contribution in [2.24, 2.45) is 5.92 Å². The summed E-state index contributed by atoms with van der Waals surface area (Å²) in [5, 5.41) is 0. The van der Waals surface area contributed by atoms with Gasteiger partial charge in [0.2, 0.25) is 0 Å². The van der Waals surface area contributed by atoms with Crippen LogP contribution in [0.5, 0.6) is 5.75 Å². The molecule has 11 heteroatoms. The Morgan fingerprint density at radius 1 is 1.06 bits per heavy atom. The molecule has 2 aromatic carbocycles. The number of hydrogen-bond donors (Lipinski definition) is 0. The fourth-order valence-electron chi connectivity index (χ4n) is 3.55. The Bertz CT molecular complexity index is 1160. The number of hydrogen-bond acceptors (Lipinski definition) is 5. The van der Waals surface area contributed by atoms with Crippen molar-refractivity contribution < 1.29 is 35.5 Å². The Morgan fingerprint density at radius 3 is 2.24 bits per heavy atom. The molecule has 0 bridgehead atoms. The van der Waals surface area contributed by atoms with Crippen LogP contribution in [0.2, 0.25) is 0 Å². The van der Waals surface area contributed by atoms with Crippen molar-refractivity contribution in [3.05, 3.63) is 53.3 Å². The first-order valence-corrected chi connectivity index (χ1v) is 12.5. The molecule has 1 aliphatic heterocycles. The smallest absolute Gasteiger partial charge is 0.416 e. The Morgan fingerprint density at radius 2 is 1.71 bits per heavy atom. The summed E-state index contributed by atoms with van der Waals surface area (Å²) in [5.74, 6) is -0.973. The molecule has 0 atom stereocenters. The lowest BCUT2D eigenvalue weighted by atomic mass is 10.1. The number of sulfone groups is 1. The molecule has 0 aliphatic carbocycles. The fraction of sp³-hybridized carbons (Fsp3) is 0.435. The maximum Gasteiger partial charge on any atom is 0.416 e. The number of piperazine rings is 1. The van der Waals surface area contributed by atoms with E-state index in [1.54, 1.807) is 4.90 Å². The summed E-state index contributed by atoms with van der Waals surface area (Å²) >= 11 is 0. The summed E-state index contributed by atoms with van der Waals surface area (Å²) in [5.41, 5.74) is -0.930. The number of nitrogens with zero attached hydrogens (tertiary/aromatic N) is 2. The SMILES string of the molecule is CC(C)COc1ccc(S(C)(=O)=O)cc1C(=O)N1CCN(c2ccc(C(F)(F)F)cc2F)CC1. The molecule has 34 heavy (non-hydrogen) atoms. The van der Waals surface area contributed by atoms with Gasteiger partial charge in [-0.1, -0.05) is 13.8 Å². The molecular weight excluding hydrogens is 476 g/mol. The van der Waals surface area contributed by atoms with Gasteiger partial charge in [0.05, 0.1) is 28.3 Å². The van der Waals surface area contributed by atoms with E-state index in [9.17, 15) is 30.8 Å². The topological polar surface area (TPSA) is 66.9 Å². The zero-order valence-corrected chi connectivity index (χ0v) is 19.8. The number of ether oxygens (including phenoxy) is 1. The zero-order chi connectivity index (χ0) is 25.3. The average Bonchev–Trinajstić information content (AvgIpc) is 2.76. The van der Waals surface area contributed by atoms with Crippen LogP contribution in [0, 0.1) is 11.7 Å². The summed E-state index contributed by atoms with van der Waals surface area (Å²) < 4.78 is 82.5. The Balaban J connectivity index is 1.78. The van der Waals surface area contributed by atoms with Crippen molar-refractivity contribution in [1.29, 1.82) is 0 Å². The lowest BCUT2D eigenvalue weighted by molar-refractivity contribution is -0.137. The van der Waals surface area contributed by atoms with Crippen LogP contribution < -0.4 is 9.64 Å². The third-order valence-corrected chi connectivity index (χ3v) is 6.47. The van der Waals surface area contributed by atoms with Crippen molar-refractivity contribution in [3.8, 4) is 5.75 Å². The minimum Gasteiger partial charge on any atom is -0.492 e. The van der Waals surface area contributed by atoms with Crippen LogP contribution in [0.25, 0.3) is 0 Å². The lowest BCUT2D eigenvalue weighted by Gasteiger charge is -2.36. The van der Waals surface area contributed by atoms with Crippen molar-refractivity contribution in [2.45, 2.75) is 24.9 Å². The standard InChI is InChI=1S/C23H26F4N2O4S/c1-15(2)14-33-21-7-5-17(34(3,31)32)13-18(21)22(30)29-10-8-28(9-11-29)20-6-4-16(12-19(20)24)23(25,26)27/h4-7,12-13,15H,8-11,14H2,1-3H3. The molecule has 0 aromatic heterocycles. The van der Waals surface area contributed by atoms with E-state index in [1.165, 1.54) is 23.1 Å². The van der Waals surface area contributed by atoms with E-state index >= 15 is 0 Å². The van der Waals surface area contributed by atoms with Crippen LogP contribution >= 0.6 is 0 Å². The highest BCUT2D eigenvalue weighted by atomic mass is 32.2. The van der Waals surface area contributed by atoms with Crippen LogP contribution in [-0.2, 0) is 16.0 Å².